The molecule has 3 unspecified atom stereocenters. The predicted octanol–water partition coefficient (Wildman–Crippen LogP) is 3.47. The fourth-order valence-electron chi connectivity index (χ4n) is 5.33. The van der Waals surface area contributed by atoms with Crippen molar-refractivity contribution < 1.29 is 13.9 Å². The highest BCUT2D eigenvalue weighted by Gasteiger charge is 2.33. The highest BCUT2D eigenvalue weighted by atomic mass is 19.1. The van der Waals surface area contributed by atoms with Crippen molar-refractivity contribution >= 4 is 17.6 Å². The van der Waals surface area contributed by atoms with Crippen LogP contribution in [0, 0.1) is 16.7 Å². The number of hydrogen-bond acceptors (Lipinski definition) is 8. The molecule has 2 fully saturated rings. The average molecular weight is 499 g/mol. The molecule has 0 radical (unpaired) electrons. The Bertz CT molecular complexity index is 950. The second kappa shape index (κ2) is 12.7. The zero-order valence-electron chi connectivity index (χ0n) is 21.4. The molecule has 4 rings (SSSR count). The van der Waals surface area contributed by atoms with Gasteiger partial charge in [0.1, 0.15) is 12.0 Å². The number of alkyl halides is 1. The van der Waals surface area contributed by atoms with Crippen molar-refractivity contribution in [1.29, 1.82) is 5.26 Å². The summed E-state index contributed by atoms with van der Waals surface area (Å²) in [4.78, 5) is 8.81. The SMILES string of the molecule is COCC(C)NC1CCC(NC2C=C(c3ccnc(NCC4(C#N)CCOCC4)c3)C(F)C=N2)CC1. The Morgan fingerprint density at radius 2 is 2.00 bits per heavy atom. The summed E-state index contributed by atoms with van der Waals surface area (Å²) >= 11 is 0. The topological polar surface area (TPSA) is 104 Å². The minimum Gasteiger partial charge on any atom is -0.383 e. The first-order chi connectivity index (χ1) is 17.5. The van der Waals surface area contributed by atoms with Gasteiger partial charge in [-0.05, 0) is 74.8 Å². The molecule has 0 bridgehead atoms. The maximum Gasteiger partial charge on any atom is 0.160 e. The van der Waals surface area contributed by atoms with Crippen molar-refractivity contribution in [2.45, 2.75) is 75.9 Å². The van der Waals surface area contributed by atoms with Crippen LogP contribution in [-0.2, 0) is 9.47 Å². The number of anilines is 1. The van der Waals surface area contributed by atoms with Crippen molar-refractivity contribution in [1.82, 2.24) is 15.6 Å². The lowest BCUT2D eigenvalue weighted by atomic mass is 9.82. The van der Waals surface area contributed by atoms with Crippen LogP contribution in [0.3, 0.4) is 0 Å². The fraction of sp³-hybridized carbons (Fsp3) is 0.667. The van der Waals surface area contributed by atoms with Gasteiger partial charge in [0.2, 0.25) is 0 Å². The molecule has 0 amide bonds. The average Bonchev–Trinajstić information content (AvgIpc) is 2.90. The predicted molar refractivity (Wildman–Crippen MR) is 140 cm³/mol. The Kier molecular flexibility index (Phi) is 9.43. The van der Waals surface area contributed by atoms with E-state index in [0.29, 0.717) is 68.7 Å². The van der Waals surface area contributed by atoms with Gasteiger partial charge in [-0.2, -0.15) is 5.26 Å². The van der Waals surface area contributed by atoms with E-state index in [0.717, 1.165) is 31.2 Å². The molecule has 9 heteroatoms. The number of allylic oxidation sites excluding steroid dienone is 1. The summed E-state index contributed by atoms with van der Waals surface area (Å²) in [5, 5.41) is 20.2. The highest BCUT2D eigenvalue weighted by Crippen LogP contribution is 2.31. The number of pyridine rings is 1. The Morgan fingerprint density at radius 3 is 2.72 bits per heavy atom. The summed E-state index contributed by atoms with van der Waals surface area (Å²) in [6, 6.07) is 7.35. The molecule has 36 heavy (non-hydrogen) atoms. The molecule has 1 saturated carbocycles. The van der Waals surface area contributed by atoms with Crippen LogP contribution in [0.15, 0.2) is 29.4 Å². The Morgan fingerprint density at radius 1 is 1.25 bits per heavy atom. The number of aromatic nitrogens is 1. The summed E-state index contributed by atoms with van der Waals surface area (Å²) < 4.78 is 25.5. The Balaban J connectivity index is 1.34. The number of nitriles is 1. The fourth-order valence-corrected chi connectivity index (χ4v) is 5.33. The van der Waals surface area contributed by atoms with Gasteiger partial charge in [0, 0.05) is 57.4 Å². The number of nitrogens with one attached hydrogen (secondary N) is 3. The molecule has 1 saturated heterocycles. The van der Waals surface area contributed by atoms with E-state index in [-0.39, 0.29) is 6.17 Å². The Hall–Kier alpha value is -2.38. The summed E-state index contributed by atoms with van der Waals surface area (Å²) in [5.41, 5.74) is 0.912. The molecule has 196 valence electrons. The van der Waals surface area contributed by atoms with Crippen LogP contribution in [-0.4, -0.2) is 75.1 Å². The van der Waals surface area contributed by atoms with E-state index in [9.17, 15) is 9.65 Å². The minimum atomic E-state index is -1.26. The molecule has 1 aromatic rings. The summed E-state index contributed by atoms with van der Waals surface area (Å²) in [6.07, 6.45) is 9.16. The second-order valence-corrected chi connectivity index (χ2v) is 10.3. The van der Waals surface area contributed by atoms with Crippen LogP contribution in [0.5, 0.6) is 0 Å². The third-order valence-electron chi connectivity index (χ3n) is 7.47. The number of hydrogen-bond donors (Lipinski definition) is 3. The Labute approximate surface area is 213 Å². The van der Waals surface area contributed by atoms with Gasteiger partial charge in [-0.15, -0.1) is 0 Å². The molecule has 3 N–H and O–H groups in total. The third kappa shape index (κ3) is 7.10. The lowest BCUT2D eigenvalue weighted by Crippen LogP contribution is -2.46. The molecule has 3 heterocycles. The zero-order chi connectivity index (χ0) is 25.4. The number of methoxy groups -OCH3 is 1. The van der Waals surface area contributed by atoms with Crippen LogP contribution >= 0.6 is 0 Å². The monoisotopic (exact) mass is 498 g/mol. The summed E-state index contributed by atoms with van der Waals surface area (Å²) in [7, 11) is 1.73. The number of rotatable bonds is 10. The second-order valence-electron chi connectivity index (χ2n) is 10.3. The maximum absolute atomic E-state index is 14.9. The normalized spacial score (nSPS) is 28.7. The molecule has 3 atom stereocenters. The summed E-state index contributed by atoms with van der Waals surface area (Å²) in [6.45, 7) is 4.55. The zero-order valence-corrected chi connectivity index (χ0v) is 21.4. The van der Waals surface area contributed by atoms with Crippen molar-refractivity contribution in [2.24, 2.45) is 10.4 Å². The van der Waals surface area contributed by atoms with E-state index in [1.165, 1.54) is 6.21 Å². The van der Waals surface area contributed by atoms with Crippen LogP contribution in [0.1, 0.15) is 51.0 Å². The van der Waals surface area contributed by atoms with Gasteiger partial charge >= 0.3 is 0 Å². The van der Waals surface area contributed by atoms with Crippen molar-refractivity contribution in [3.8, 4) is 6.07 Å². The first-order valence-electron chi connectivity index (χ1n) is 13.1. The molecule has 0 spiro atoms. The van der Waals surface area contributed by atoms with E-state index in [1.807, 2.05) is 18.2 Å². The van der Waals surface area contributed by atoms with Gasteiger partial charge < -0.3 is 20.1 Å². The lowest BCUT2D eigenvalue weighted by Gasteiger charge is -2.33. The maximum atomic E-state index is 14.9. The van der Waals surface area contributed by atoms with Gasteiger partial charge in [0.05, 0.1) is 18.1 Å². The standard InChI is InChI=1S/C27H39FN6O2/c1-19(16-35-2)33-21-3-5-22(6-4-21)34-26-14-23(24(28)15-31-26)20-7-10-30-25(13-20)32-18-27(17-29)8-11-36-12-9-27/h7,10,13-15,19,21-22,24,26,33-34H,3-6,8-9,11-12,16,18H2,1-2H3,(H,30,32). The summed E-state index contributed by atoms with van der Waals surface area (Å²) in [5.74, 6) is 0.641. The quantitative estimate of drug-likeness (QED) is 0.454. The number of aliphatic imine (C=N–C) groups is 1. The van der Waals surface area contributed by atoms with E-state index in [1.54, 1.807) is 13.3 Å². The molecular weight excluding hydrogens is 459 g/mol. The molecule has 1 aromatic heterocycles. The lowest BCUT2D eigenvalue weighted by molar-refractivity contribution is 0.0455. The molecule has 0 aromatic carbocycles. The molecule has 1 aliphatic carbocycles. The molecule has 2 aliphatic heterocycles. The minimum absolute atomic E-state index is 0.248. The molecule has 3 aliphatic rings. The number of halogens is 1. The van der Waals surface area contributed by atoms with Gasteiger partial charge in [0.25, 0.3) is 0 Å². The van der Waals surface area contributed by atoms with Crippen LogP contribution in [0.25, 0.3) is 5.57 Å². The first kappa shape index (κ1) is 26.7. The number of dihydropyridines is 1. The van der Waals surface area contributed by atoms with E-state index < -0.39 is 11.6 Å². The van der Waals surface area contributed by atoms with Crippen molar-refractivity contribution in [3.05, 3.63) is 30.0 Å². The largest absolute Gasteiger partial charge is 0.383 e. The number of ether oxygens (including phenoxy) is 2. The molecule has 8 nitrogen and oxygen atoms in total. The van der Waals surface area contributed by atoms with Crippen LogP contribution in [0.2, 0.25) is 0 Å². The smallest absolute Gasteiger partial charge is 0.160 e. The van der Waals surface area contributed by atoms with Gasteiger partial charge in [0.15, 0.2) is 6.17 Å². The van der Waals surface area contributed by atoms with E-state index in [4.69, 9.17) is 9.47 Å². The van der Waals surface area contributed by atoms with Crippen LogP contribution in [0.4, 0.5) is 10.2 Å². The van der Waals surface area contributed by atoms with E-state index in [2.05, 4.69) is 38.9 Å². The van der Waals surface area contributed by atoms with Crippen LogP contribution < -0.4 is 16.0 Å². The van der Waals surface area contributed by atoms with Gasteiger partial charge in [-0.25, -0.2) is 9.37 Å². The third-order valence-corrected chi connectivity index (χ3v) is 7.47. The van der Waals surface area contributed by atoms with Crippen molar-refractivity contribution in [2.75, 3.05) is 38.8 Å². The van der Waals surface area contributed by atoms with Crippen molar-refractivity contribution in [3.63, 3.8) is 0 Å². The number of nitrogens with zero attached hydrogens (tertiary/aromatic N) is 3. The highest BCUT2D eigenvalue weighted by molar-refractivity contribution is 5.88. The first-order valence-corrected chi connectivity index (χ1v) is 13.1. The molecular formula is C27H39FN6O2. The van der Waals surface area contributed by atoms with Gasteiger partial charge in [-0.1, -0.05) is 0 Å². The van der Waals surface area contributed by atoms with Gasteiger partial charge in [-0.3, -0.25) is 10.3 Å². The van der Waals surface area contributed by atoms with E-state index >= 15 is 0 Å².